The maximum absolute atomic E-state index is 3.64. The van der Waals surface area contributed by atoms with E-state index in [0.29, 0.717) is 0 Å². The van der Waals surface area contributed by atoms with Gasteiger partial charge in [0.15, 0.2) is 0 Å². The summed E-state index contributed by atoms with van der Waals surface area (Å²) in [4.78, 5) is 0. The Labute approximate surface area is 98.8 Å². The summed E-state index contributed by atoms with van der Waals surface area (Å²) in [5.74, 6) is 1.39. The van der Waals surface area contributed by atoms with Gasteiger partial charge in [0.1, 0.15) is 0 Å². The Morgan fingerprint density at radius 1 is 0.933 bits per heavy atom. The third-order valence-corrected chi connectivity index (χ3v) is 5.20. The van der Waals surface area contributed by atoms with Crippen LogP contribution in [0.5, 0.6) is 0 Å². The van der Waals surface area contributed by atoms with Crippen LogP contribution in [0.3, 0.4) is 0 Å². The SMILES string of the molecule is C1CCC(SCC[C@@H]2CCCCN2)CC1. The summed E-state index contributed by atoms with van der Waals surface area (Å²) >= 11 is 2.25. The van der Waals surface area contributed by atoms with E-state index in [-0.39, 0.29) is 0 Å². The molecule has 1 atom stereocenters. The largest absolute Gasteiger partial charge is 0.314 e. The first-order valence-corrected chi connectivity index (χ1v) is 7.85. The van der Waals surface area contributed by atoms with Crippen LogP contribution in [0.2, 0.25) is 0 Å². The third kappa shape index (κ3) is 4.36. The summed E-state index contributed by atoms with van der Waals surface area (Å²) in [7, 11) is 0. The lowest BCUT2D eigenvalue weighted by Crippen LogP contribution is -2.34. The second-order valence-electron chi connectivity index (χ2n) is 5.07. The average molecular weight is 227 g/mol. The second-order valence-corrected chi connectivity index (χ2v) is 6.47. The van der Waals surface area contributed by atoms with Crippen molar-refractivity contribution in [2.75, 3.05) is 12.3 Å². The van der Waals surface area contributed by atoms with Crippen LogP contribution in [0, 0.1) is 0 Å². The van der Waals surface area contributed by atoms with E-state index in [1.165, 1.54) is 70.1 Å². The molecule has 0 aromatic rings. The van der Waals surface area contributed by atoms with Crippen LogP contribution in [-0.2, 0) is 0 Å². The monoisotopic (exact) mass is 227 g/mol. The van der Waals surface area contributed by atoms with E-state index in [9.17, 15) is 0 Å². The summed E-state index contributed by atoms with van der Waals surface area (Å²) in [6.45, 7) is 1.26. The van der Waals surface area contributed by atoms with Gasteiger partial charge in [0.2, 0.25) is 0 Å². The second kappa shape index (κ2) is 6.80. The predicted octanol–water partition coefficient (Wildman–Crippen LogP) is 3.58. The standard InChI is InChI=1S/C13H25NS/c1-2-7-13(8-3-1)15-11-9-12-6-4-5-10-14-12/h12-14H,1-11H2/t12-/m0/s1. The molecule has 0 aromatic heterocycles. The smallest absolute Gasteiger partial charge is 0.00749 e. The van der Waals surface area contributed by atoms with Gasteiger partial charge in [0, 0.05) is 11.3 Å². The Kier molecular flexibility index (Phi) is 5.34. The molecule has 0 aromatic carbocycles. The van der Waals surface area contributed by atoms with Crippen LogP contribution >= 0.6 is 11.8 Å². The van der Waals surface area contributed by atoms with Gasteiger partial charge in [-0.25, -0.2) is 0 Å². The first-order chi connectivity index (χ1) is 7.45. The van der Waals surface area contributed by atoms with Gasteiger partial charge in [-0.05, 0) is 44.4 Å². The number of hydrogen-bond acceptors (Lipinski definition) is 2. The van der Waals surface area contributed by atoms with Gasteiger partial charge in [-0.2, -0.15) is 11.8 Å². The van der Waals surface area contributed by atoms with Crippen LogP contribution in [0.25, 0.3) is 0 Å². The molecule has 1 saturated carbocycles. The van der Waals surface area contributed by atoms with Gasteiger partial charge >= 0.3 is 0 Å². The summed E-state index contributed by atoms with van der Waals surface area (Å²) in [6, 6.07) is 0.842. The van der Waals surface area contributed by atoms with E-state index < -0.39 is 0 Å². The first kappa shape index (κ1) is 11.8. The molecule has 1 saturated heterocycles. The quantitative estimate of drug-likeness (QED) is 0.788. The Bertz CT molecular complexity index is 142. The minimum Gasteiger partial charge on any atom is -0.314 e. The summed E-state index contributed by atoms with van der Waals surface area (Å²) < 4.78 is 0. The number of hydrogen-bond donors (Lipinski definition) is 1. The highest BCUT2D eigenvalue weighted by atomic mass is 32.2. The van der Waals surface area contributed by atoms with Gasteiger partial charge in [-0.15, -0.1) is 0 Å². The molecule has 2 heteroatoms. The molecule has 0 radical (unpaired) electrons. The van der Waals surface area contributed by atoms with Crippen LogP contribution in [0.4, 0.5) is 0 Å². The maximum atomic E-state index is 3.64. The summed E-state index contributed by atoms with van der Waals surface area (Å²) in [5.41, 5.74) is 0. The molecule has 2 fully saturated rings. The molecule has 88 valence electrons. The van der Waals surface area contributed by atoms with Crippen molar-refractivity contribution in [3.05, 3.63) is 0 Å². The lowest BCUT2D eigenvalue weighted by atomic mass is 10.0. The fourth-order valence-electron chi connectivity index (χ4n) is 2.78. The van der Waals surface area contributed by atoms with Gasteiger partial charge in [-0.3, -0.25) is 0 Å². The number of thioether (sulfide) groups is 1. The minimum absolute atomic E-state index is 0.842. The van der Waals surface area contributed by atoms with Crippen molar-refractivity contribution in [2.24, 2.45) is 0 Å². The van der Waals surface area contributed by atoms with Crippen molar-refractivity contribution in [1.29, 1.82) is 0 Å². The lowest BCUT2D eigenvalue weighted by Gasteiger charge is -2.25. The molecule has 1 nitrogen and oxygen atoms in total. The molecule has 1 N–H and O–H groups in total. The van der Waals surface area contributed by atoms with Crippen LogP contribution < -0.4 is 5.32 Å². The highest BCUT2D eigenvalue weighted by Crippen LogP contribution is 2.29. The van der Waals surface area contributed by atoms with E-state index in [4.69, 9.17) is 0 Å². The van der Waals surface area contributed by atoms with E-state index in [2.05, 4.69) is 17.1 Å². The molecule has 1 aliphatic heterocycles. The summed E-state index contributed by atoms with van der Waals surface area (Å²) in [6.07, 6.45) is 13.1. The number of nitrogens with one attached hydrogen (secondary N) is 1. The minimum atomic E-state index is 0.842. The normalized spacial score (nSPS) is 29.2. The molecular formula is C13H25NS. The first-order valence-electron chi connectivity index (χ1n) is 6.80. The lowest BCUT2D eigenvalue weighted by molar-refractivity contribution is 0.394. The highest BCUT2D eigenvalue weighted by molar-refractivity contribution is 7.99. The van der Waals surface area contributed by atoms with Crippen LogP contribution in [-0.4, -0.2) is 23.6 Å². The zero-order valence-electron chi connectivity index (χ0n) is 9.84. The van der Waals surface area contributed by atoms with Crippen molar-refractivity contribution < 1.29 is 0 Å². The Hall–Kier alpha value is 0.310. The highest BCUT2D eigenvalue weighted by Gasteiger charge is 2.16. The van der Waals surface area contributed by atoms with Crippen molar-refractivity contribution in [1.82, 2.24) is 5.32 Å². The van der Waals surface area contributed by atoms with Gasteiger partial charge in [0.25, 0.3) is 0 Å². The Balaban J connectivity index is 1.53. The number of piperidine rings is 1. The Morgan fingerprint density at radius 3 is 2.47 bits per heavy atom. The topological polar surface area (TPSA) is 12.0 Å². The zero-order valence-corrected chi connectivity index (χ0v) is 10.7. The molecule has 0 spiro atoms. The molecule has 0 unspecified atom stereocenters. The van der Waals surface area contributed by atoms with E-state index in [0.717, 1.165) is 11.3 Å². The fraction of sp³-hybridized carbons (Fsp3) is 1.00. The molecular weight excluding hydrogens is 202 g/mol. The van der Waals surface area contributed by atoms with Crippen molar-refractivity contribution >= 4 is 11.8 Å². The number of rotatable bonds is 4. The molecule has 15 heavy (non-hydrogen) atoms. The van der Waals surface area contributed by atoms with Crippen molar-refractivity contribution in [2.45, 2.75) is 69.1 Å². The molecule has 1 heterocycles. The van der Waals surface area contributed by atoms with Crippen LogP contribution in [0.1, 0.15) is 57.8 Å². The van der Waals surface area contributed by atoms with E-state index in [1.54, 1.807) is 0 Å². The van der Waals surface area contributed by atoms with Gasteiger partial charge in [0.05, 0.1) is 0 Å². The molecule has 0 bridgehead atoms. The third-order valence-electron chi connectivity index (χ3n) is 3.78. The molecule has 2 rings (SSSR count). The fourth-order valence-corrected chi connectivity index (χ4v) is 4.20. The van der Waals surface area contributed by atoms with Crippen LogP contribution in [0.15, 0.2) is 0 Å². The predicted molar refractivity (Wildman–Crippen MR) is 69.6 cm³/mol. The van der Waals surface area contributed by atoms with E-state index in [1.807, 2.05) is 0 Å². The molecule has 0 amide bonds. The van der Waals surface area contributed by atoms with Gasteiger partial charge < -0.3 is 5.32 Å². The zero-order chi connectivity index (χ0) is 10.3. The van der Waals surface area contributed by atoms with Crippen molar-refractivity contribution in [3.63, 3.8) is 0 Å². The average Bonchev–Trinajstić information content (AvgIpc) is 2.32. The maximum Gasteiger partial charge on any atom is 0.00749 e. The summed E-state index contributed by atoms with van der Waals surface area (Å²) in [5, 5.41) is 4.65. The Morgan fingerprint density at radius 2 is 1.73 bits per heavy atom. The van der Waals surface area contributed by atoms with Gasteiger partial charge in [-0.1, -0.05) is 25.7 Å². The molecule has 1 aliphatic carbocycles. The van der Waals surface area contributed by atoms with E-state index >= 15 is 0 Å². The van der Waals surface area contributed by atoms with Crippen molar-refractivity contribution in [3.8, 4) is 0 Å². The molecule has 2 aliphatic rings.